The fourth-order valence-corrected chi connectivity index (χ4v) is 5.72. The number of aliphatic hydroxyl groups is 5. The first-order valence-corrected chi connectivity index (χ1v) is 10.3. The first-order chi connectivity index (χ1) is 13.0. The summed E-state index contributed by atoms with van der Waals surface area (Å²) in [5.41, 5.74) is 0.129. The van der Waals surface area contributed by atoms with Gasteiger partial charge in [0.25, 0.3) is 0 Å². The minimum atomic E-state index is -1.46. The standard InChI is InChI=1S/C21H36O7/c1-11(2)12-5-6-20(3)8-13(9-21(4,26)15(20)7-12)27-19-18(25)17(24)16(23)14(10-22)28-19/h12-19,22-26H,1,5-10H2,2-4H3/t12-,13+,14-,15-,16-,17+,18-,19-,20+,21-/m1/s1. The SMILES string of the molecule is C=C(C)[C@@H]1CC[C@@]2(C)C[C@H](O[C@@H]3O[C@H](CO)[C@@H](O)[C@H](O)[C@H]3O)C[C@@](C)(O)[C@@H]2C1. The predicted octanol–water partition coefficient (Wildman–Crippen LogP) is 0.715. The van der Waals surface area contributed by atoms with Crippen LogP contribution in [0.25, 0.3) is 0 Å². The maximum Gasteiger partial charge on any atom is 0.186 e. The summed E-state index contributed by atoms with van der Waals surface area (Å²) < 4.78 is 11.5. The van der Waals surface area contributed by atoms with E-state index in [1.165, 1.54) is 0 Å². The summed E-state index contributed by atoms with van der Waals surface area (Å²) in [4.78, 5) is 0. The third-order valence-corrected chi connectivity index (χ3v) is 7.38. The molecule has 0 amide bonds. The highest BCUT2D eigenvalue weighted by atomic mass is 16.7. The van der Waals surface area contributed by atoms with E-state index in [9.17, 15) is 25.5 Å². The topological polar surface area (TPSA) is 120 Å². The van der Waals surface area contributed by atoms with Gasteiger partial charge in [-0.1, -0.05) is 19.1 Å². The molecule has 0 aromatic rings. The van der Waals surface area contributed by atoms with Crippen molar-refractivity contribution in [2.75, 3.05) is 6.61 Å². The van der Waals surface area contributed by atoms with Gasteiger partial charge in [0, 0.05) is 6.42 Å². The van der Waals surface area contributed by atoms with Gasteiger partial charge in [-0.05, 0) is 56.8 Å². The summed E-state index contributed by atoms with van der Waals surface area (Å²) in [5.74, 6) is 0.553. The van der Waals surface area contributed by atoms with Gasteiger partial charge in [-0.3, -0.25) is 0 Å². The van der Waals surface area contributed by atoms with Gasteiger partial charge in [0.2, 0.25) is 0 Å². The molecule has 3 rings (SSSR count). The maximum atomic E-state index is 11.3. The number of aliphatic hydroxyl groups excluding tert-OH is 4. The molecule has 2 saturated carbocycles. The quantitative estimate of drug-likeness (QED) is 0.348. The highest BCUT2D eigenvalue weighted by Crippen LogP contribution is 2.56. The Morgan fingerprint density at radius 1 is 1.14 bits per heavy atom. The second-order valence-corrected chi connectivity index (χ2v) is 9.75. The number of allylic oxidation sites excluding steroid dienone is 1. The lowest BCUT2D eigenvalue weighted by Crippen LogP contribution is -2.61. The minimum Gasteiger partial charge on any atom is -0.394 e. The molecule has 1 saturated heterocycles. The molecule has 1 aliphatic heterocycles. The van der Waals surface area contributed by atoms with E-state index >= 15 is 0 Å². The second-order valence-electron chi connectivity index (χ2n) is 9.75. The molecule has 10 atom stereocenters. The largest absolute Gasteiger partial charge is 0.394 e. The summed E-state index contributed by atoms with van der Waals surface area (Å²) in [5, 5.41) is 50.8. The molecule has 0 aromatic carbocycles. The van der Waals surface area contributed by atoms with Gasteiger partial charge in [0.05, 0.1) is 18.3 Å². The van der Waals surface area contributed by atoms with E-state index in [4.69, 9.17) is 9.47 Å². The van der Waals surface area contributed by atoms with Crippen LogP contribution in [0.15, 0.2) is 12.2 Å². The lowest BCUT2D eigenvalue weighted by molar-refractivity contribution is -0.321. The Morgan fingerprint density at radius 2 is 1.82 bits per heavy atom. The van der Waals surface area contributed by atoms with Crippen LogP contribution in [-0.4, -0.2) is 74.6 Å². The van der Waals surface area contributed by atoms with Gasteiger partial charge >= 0.3 is 0 Å². The van der Waals surface area contributed by atoms with Crippen molar-refractivity contribution in [1.82, 2.24) is 0 Å². The Kier molecular flexibility index (Phi) is 6.29. The highest BCUT2D eigenvalue weighted by Gasteiger charge is 2.55. The van der Waals surface area contributed by atoms with Gasteiger partial charge in [-0.2, -0.15) is 0 Å². The Balaban J connectivity index is 1.73. The van der Waals surface area contributed by atoms with Crippen molar-refractivity contribution in [3.05, 3.63) is 12.2 Å². The third-order valence-electron chi connectivity index (χ3n) is 7.38. The molecular formula is C21H36O7. The molecule has 0 aromatic heterocycles. The second kappa shape index (κ2) is 7.95. The van der Waals surface area contributed by atoms with Gasteiger partial charge in [-0.25, -0.2) is 0 Å². The van der Waals surface area contributed by atoms with Crippen LogP contribution in [0.2, 0.25) is 0 Å². The molecule has 5 N–H and O–H groups in total. The zero-order chi connectivity index (χ0) is 20.9. The zero-order valence-electron chi connectivity index (χ0n) is 17.1. The fourth-order valence-electron chi connectivity index (χ4n) is 5.72. The molecule has 0 radical (unpaired) electrons. The van der Waals surface area contributed by atoms with E-state index < -0.39 is 42.9 Å². The lowest BCUT2D eigenvalue weighted by Gasteiger charge is -2.56. The minimum absolute atomic E-state index is 0.105. The molecule has 0 unspecified atom stereocenters. The first-order valence-electron chi connectivity index (χ1n) is 10.3. The lowest BCUT2D eigenvalue weighted by atomic mass is 9.52. The van der Waals surface area contributed by atoms with E-state index in [1.54, 1.807) is 0 Å². The smallest absolute Gasteiger partial charge is 0.186 e. The van der Waals surface area contributed by atoms with Crippen molar-refractivity contribution in [3.8, 4) is 0 Å². The third kappa shape index (κ3) is 4.03. The normalized spacial score (nSPS) is 52.1. The number of hydrogen-bond acceptors (Lipinski definition) is 7. The van der Waals surface area contributed by atoms with Crippen LogP contribution >= 0.6 is 0 Å². The summed E-state index contributed by atoms with van der Waals surface area (Å²) in [6.45, 7) is 9.69. The summed E-state index contributed by atoms with van der Waals surface area (Å²) in [6.07, 6.45) is -2.81. The number of rotatable bonds is 4. The Morgan fingerprint density at radius 3 is 2.43 bits per heavy atom. The van der Waals surface area contributed by atoms with Gasteiger partial charge in [-0.15, -0.1) is 0 Å². The van der Waals surface area contributed by atoms with Gasteiger partial charge in [0.15, 0.2) is 6.29 Å². The Hall–Kier alpha value is -0.540. The van der Waals surface area contributed by atoms with Crippen LogP contribution in [0.3, 0.4) is 0 Å². The summed E-state index contributed by atoms with van der Waals surface area (Å²) in [6, 6.07) is 0. The summed E-state index contributed by atoms with van der Waals surface area (Å²) in [7, 11) is 0. The van der Waals surface area contributed by atoms with Crippen molar-refractivity contribution in [3.63, 3.8) is 0 Å². The average Bonchev–Trinajstić information content (AvgIpc) is 2.60. The molecule has 3 fully saturated rings. The predicted molar refractivity (Wildman–Crippen MR) is 102 cm³/mol. The van der Waals surface area contributed by atoms with Crippen molar-refractivity contribution in [2.24, 2.45) is 17.3 Å². The maximum absolute atomic E-state index is 11.3. The number of hydrogen-bond donors (Lipinski definition) is 5. The highest BCUT2D eigenvalue weighted by molar-refractivity contribution is 5.09. The van der Waals surface area contributed by atoms with Crippen molar-refractivity contribution in [2.45, 2.75) is 95.3 Å². The van der Waals surface area contributed by atoms with E-state index in [0.29, 0.717) is 18.8 Å². The number of fused-ring (bicyclic) bond motifs is 1. The Labute approximate surface area is 167 Å². The van der Waals surface area contributed by atoms with Gasteiger partial charge < -0.3 is 35.0 Å². The van der Waals surface area contributed by atoms with E-state index in [-0.39, 0.29) is 17.4 Å². The fraction of sp³-hybridized carbons (Fsp3) is 0.905. The zero-order valence-corrected chi connectivity index (χ0v) is 17.1. The molecule has 7 heteroatoms. The molecule has 3 aliphatic rings. The summed E-state index contributed by atoms with van der Waals surface area (Å²) >= 11 is 0. The average molecular weight is 401 g/mol. The van der Waals surface area contributed by atoms with Crippen LogP contribution in [0, 0.1) is 17.3 Å². The molecule has 7 nitrogen and oxygen atoms in total. The molecule has 162 valence electrons. The monoisotopic (exact) mass is 400 g/mol. The van der Waals surface area contributed by atoms with Crippen molar-refractivity contribution < 1.29 is 35.0 Å². The van der Waals surface area contributed by atoms with Crippen molar-refractivity contribution >= 4 is 0 Å². The molecule has 28 heavy (non-hydrogen) atoms. The number of ether oxygens (including phenoxy) is 2. The molecule has 1 heterocycles. The molecule has 0 bridgehead atoms. The Bertz CT molecular complexity index is 577. The van der Waals surface area contributed by atoms with Gasteiger partial charge in [0.1, 0.15) is 24.4 Å². The van der Waals surface area contributed by atoms with E-state index in [0.717, 1.165) is 24.8 Å². The van der Waals surface area contributed by atoms with Crippen LogP contribution in [0.5, 0.6) is 0 Å². The van der Waals surface area contributed by atoms with E-state index in [1.807, 2.05) is 6.92 Å². The molecule has 2 aliphatic carbocycles. The van der Waals surface area contributed by atoms with Crippen LogP contribution in [-0.2, 0) is 9.47 Å². The molecular weight excluding hydrogens is 364 g/mol. The molecule has 0 spiro atoms. The first kappa shape index (κ1) is 22.2. The van der Waals surface area contributed by atoms with Crippen LogP contribution < -0.4 is 0 Å². The van der Waals surface area contributed by atoms with Crippen molar-refractivity contribution in [1.29, 1.82) is 0 Å². The van der Waals surface area contributed by atoms with Crippen LogP contribution in [0.1, 0.15) is 52.9 Å². The van der Waals surface area contributed by atoms with Crippen LogP contribution in [0.4, 0.5) is 0 Å². The van der Waals surface area contributed by atoms with E-state index in [2.05, 4.69) is 20.4 Å².